The lowest BCUT2D eigenvalue weighted by atomic mass is 9.44. The molecule has 1 aliphatic heterocycles. The zero-order valence-electron chi connectivity index (χ0n) is 34.6. The number of aliphatic hydroxyl groups excluding tert-OH is 1. The molecule has 336 valence electrons. The Balaban J connectivity index is 1.60. The van der Waals surface area contributed by atoms with E-state index in [2.05, 4.69) is 0 Å². The minimum atomic E-state index is -2.46. The molecule has 4 aliphatic rings. The number of rotatable bonds is 10. The number of halogens is 3. The van der Waals surface area contributed by atoms with Gasteiger partial charge in [-0.2, -0.15) is 0 Å². The number of ketones is 1. The van der Waals surface area contributed by atoms with Crippen LogP contribution in [-0.4, -0.2) is 111 Å². The predicted octanol–water partition coefficient (Wildman–Crippen LogP) is 4.80. The number of carbonyl (C=O) groups is 6. The van der Waals surface area contributed by atoms with E-state index in [4.69, 9.17) is 73.7 Å². The van der Waals surface area contributed by atoms with Crippen LogP contribution in [0.4, 0.5) is 4.79 Å². The molecule has 2 saturated carbocycles. The van der Waals surface area contributed by atoms with Crippen molar-refractivity contribution in [2.45, 2.75) is 112 Å². The van der Waals surface area contributed by atoms with Crippen molar-refractivity contribution in [3.05, 3.63) is 82.9 Å². The van der Waals surface area contributed by atoms with E-state index < -0.39 is 130 Å². The minimum absolute atomic E-state index is 0.0207. The van der Waals surface area contributed by atoms with Gasteiger partial charge in [-0.1, -0.05) is 97.2 Å². The normalized spacial score (nSPS) is 32.2. The lowest BCUT2D eigenvalue weighted by Crippen LogP contribution is -2.82. The van der Waals surface area contributed by atoms with Crippen LogP contribution in [0.3, 0.4) is 0 Å². The Labute approximate surface area is 372 Å². The molecule has 0 amide bonds. The molecule has 2 aromatic carbocycles. The smallest absolute Gasteiger partial charge is 0.456 e. The van der Waals surface area contributed by atoms with Crippen LogP contribution in [0.25, 0.3) is 0 Å². The lowest BCUT2D eigenvalue weighted by molar-refractivity contribution is -0.346. The van der Waals surface area contributed by atoms with Gasteiger partial charge in [0.25, 0.3) is 0 Å². The molecule has 1 saturated heterocycles. The summed E-state index contributed by atoms with van der Waals surface area (Å²) in [7, 11) is 0. The molecule has 11 atom stereocenters. The summed E-state index contributed by atoms with van der Waals surface area (Å²) in [6.07, 6.45) is -12.3. The molecule has 0 aromatic heterocycles. The largest absolute Gasteiger partial charge is 0.508 e. The van der Waals surface area contributed by atoms with Crippen LogP contribution >= 0.6 is 34.8 Å². The van der Waals surface area contributed by atoms with E-state index in [-0.39, 0.29) is 23.1 Å². The quantitative estimate of drug-likeness (QED) is 0.126. The monoisotopic (exact) mass is 923 g/mol. The van der Waals surface area contributed by atoms with Gasteiger partial charge >= 0.3 is 30.0 Å². The number of nitrogens with two attached hydrogens (primary N) is 1. The molecule has 0 radical (unpaired) electrons. The molecule has 3 fully saturated rings. The zero-order chi connectivity index (χ0) is 45.7. The van der Waals surface area contributed by atoms with Crippen molar-refractivity contribution in [3.8, 4) is 0 Å². The molecular weight excluding hydrogens is 877 g/mol. The minimum Gasteiger partial charge on any atom is -0.456 e. The SMILES string of the molecule is CC(=O)OC1C(=O)[C@]2(C)C(OC(=O)OCC(Cl)(Cl)Cl)CC3OC[C@@]3(OC(C)=O)C2C(OC(=O)c2ccccc2)[C@]2(O)CC(OC(=O)C(O)C(N)c3ccccc3)C(C)=C1C2(C)C. The predicted molar refractivity (Wildman–Crippen MR) is 218 cm³/mol. The van der Waals surface area contributed by atoms with Crippen molar-refractivity contribution in [3.63, 3.8) is 0 Å². The average molecular weight is 925 g/mol. The highest BCUT2D eigenvalue weighted by atomic mass is 35.6. The molecule has 1 heterocycles. The Morgan fingerprint density at radius 2 is 1.53 bits per heavy atom. The van der Waals surface area contributed by atoms with Gasteiger partial charge in [0, 0.05) is 32.1 Å². The van der Waals surface area contributed by atoms with Crippen LogP contribution < -0.4 is 5.73 Å². The number of aliphatic hydroxyl groups is 2. The van der Waals surface area contributed by atoms with Crippen molar-refractivity contribution in [2.24, 2.45) is 22.5 Å². The fraction of sp³-hybridized carbons (Fsp3) is 0.535. The number of carbonyl (C=O) groups excluding carboxylic acids is 6. The van der Waals surface area contributed by atoms with Gasteiger partial charge in [-0.3, -0.25) is 14.4 Å². The number of fused-ring (bicyclic) bond motifs is 5. The molecule has 3 aliphatic carbocycles. The fourth-order valence-electron chi connectivity index (χ4n) is 9.67. The number of ether oxygens (including phenoxy) is 7. The molecule has 2 aromatic rings. The fourth-order valence-corrected chi connectivity index (χ4v) is 9.84. The molecular formula is C43H48Cl3NO15. The van der Waals surface area contributed by atoms with E-state index in [0.29, 0.717) is 5.56 Å². The summed E-state index contributed by atoms with van der Waals surface area (Å²) < 4.78 is 39.2. The first-order valence-electron chi connectivity index (χ1n) is 19.7. The van der Waals surface area contributed by atoms with Crippen molar-refractivity contribution >= 4 is 70.6 Å². The van der Waals surface area contributed by atoms with Gasteiger partial charge in [0.05, 0.1) is 29.5 Å². The highest BCUT2D eigenvalue weighted by Gasteiger charge is 2.79. The summed E-state index contributed by atoms with van der Waals surface area (Å²) in [5.41, 5.74) is -1.49. The second-order valence-corrected chi connectivity index (χ2v) is 19.3. The standard InChI is InChI=1S/C43H48Cl3NO15/c1-21-26(59-37(53)31(50)30(47)24-13-9-7-10-14-24)18-42(55)35(61-36(52)25-15-11-8-12-16-25)33-40(6,34(51)32(58-22(2)48)29(21)39(42,4)5)27(60-38(54)57-20-43(44,45)46)17-28-41(33,19-56-28)62-23(3)49/h7-16,26-28,30-33,35,50,55H,17-20,47H2,1-6H3/t26?,27?,28?,30?,31?,32?,33?,35?,40-,41+,42-/m1/s1. The Kier molecular flexibility index (Phi) is 13.2. The summed E-state index contributed by atoms with van der Waals surface area (Å²) in [5, 5.41) is 24.9. The van der Waals surface area contributed by atoms with Crippen LogP contribution in [-0.2, 0) is 52.3 Å². The summed E-state index contributed by atoms with van der Waals surface area (Å²) in [6, 6.07) is 14.7. The highest BCUT2D eigenvalue weighted by Crippen LogP contribution is 2.65. The van der Waals surface area contributed by atoms with Crippen molar-refractivity contribution < 1.29 is 72.1 Å². The second-order valence-electron chi connectivity index (χ2n) is 16.8. The lowest BCUT2D eigenvalue weighted by Gasteiger charge is -2.67. The van der Waals surface area contributed by atoms with Crippen LogP contribution in [0, 0.1) is 16.7 Å². The van der Waals surface area contributed by atoms with Crippen molar-refractivity contribution in [1.82, 2.24) is 0 Å². The van der Waals surface area contributed by atoms with E-state index in [1.54, 1.807) is 48.5 Å². The topological polar surface area (TPSA) is 234 Å². The van der Waals surface area contributed by atoms with E-state index in [1.807, 2.05) is 0 Å². The molecule has 4 N–H and O–H groups in total. The zero-order valence-corrected chi connectivity index (χ0v) is 36.9. The molecule has 16 nitrogen and oxygen atoms in total. The number of Topliss-reactive ketones (excluding diaryl/α,β-unsaturated/α-hetero) is 1. The Morgan fingerprint density at radius 3 is 2.08 bits per heavy atom. The van der Waals surface area contributed by atoms with Crippen molar-refractivity contribution in [2.75, 3.05) is 13.2 Å². The van der Waals surface area contributed by atoms with E-state index in [0.717, 1.165) is 13.8 Å². The molecule has 6 rings (SSSR count). The summed E-state index contributed by atoms with van der Waals surface area (Å²) in [4.78, 5) is 83.7. The van der Waals surface area contributed by atoms with Gasteiger partial charge in [0.2, 0.25) is 3.79 Å². The number of benzene rings is 2. The summed E-state index contributed by atoms with van der Waals surface area (Å²) in [5.74, 6) is -6.62. The first-order valence-corrected chi connectivity index (χ1v) is 20.8. The number of hydrogen-bond acceptors (Lipinski definition) is 16. The number of esters is 4. The maximum Gasteiger partial charge on any atom is 0.508 e. The molecule has 62 heavy (non-hydrogen) atoms. The first kappa shape index (κ1) is 47.2. The first-order chi connectivity index (χ1) is 28.9. The van der Waals surface area contributed by atoms with E-state index in [9.17, 15) is 34.2 Å². The number of alkyl halides is 3. The van der Waals surface area contributed by atoms with Gasteiger partial charge in [0.15, 0.2) is 23.6 Å². The third-order valence-corrected chi connectivity index (χ3v) is 13.1. The third-order valence-electron chi connectivity index (χ3n) is 12.8. The van der Waals surface area contributed by atoms with Gasteiger partial charge in [0.1, 0.15) is 36.6 Å². The maximum atomic E-state index is 15.9. The molecule has 0 spiro atoms. The molecule has 19 heteroatoms. The van der Waals surface area contributed by atoms with Crippen LogP contribution in [0.1, 0.15) is 76.3 Å². The average Bonchev–Trinajstić information content (AvgIpc) is 3.20. The molecule has 2 bridgehead atoms. The summed E-state index contributed by atoms with van der Waals surface area (Å²) >= 11 is 17.5. The van der Waals surface area contributed by atoms with E-state index in [1.165, 1.54) is 39.8 Å². The Morgan fingerprint density at radius 1 is 0.919 bits per heavy atom. The Hall–Kier alpha value is -4.29. The van der Waals surface area contributed by atoms with Crippen LogP contribution in [0.2, 0.25) is 0 Å². The molecule has 8 unspecified atom stereocenters. The summed E-state index contributed by atoms with van der Waals surface area (Å²) in [6.45, 7) is 6.88. The third kappa shape index (κ3) is 8.42. The van der Waals surface area contributed by atoms with Crippen molar-refractivity contribution in [1.29, 1.82) is 0 Å². The van der Waals surface area contributed by atoms with Gasteiger partial charge in [-0.05, 0) is 42.7 Å². The van der Waals surface area contributed by atoms with Crippen LogP contribution in [0.5, 0.6) is 0 Å². The Bertz CT molecular complexity index is 2130. The number of hydrogen-bond donors (Lipinski definition) is 3. The van der Waals surface area contributed by atoms with Gasteiger partial charge in [-0.15, -0.1) is 0 Å². The van der Waals surface area contributed by atoms with Gasteiger partial charge < -0.3 is 49.1 Å². The maximum absolute atomic E-state index is 15.9. The highest BCUT2D eigenvalue weighted by molar-refractivity contribution is 6.67. The van der Waals surface area contributed by atoms with Gasteiger partial charge in [-0.25, -0.2) is 14.4 Å². The van der Waals surface area contributed by atoms with E-state index >= 15 is 4.79 Å². The van der Waals surface area contributed by atoms with Crippen LogP contribution in [0.15, 0.2) is 71.8 Å². The second kappa shape index (κ2) is 17.4.